The molecule has 1 N–H and O–H groups in total. The van der Waals surface area contributed by atoms with Crippen LogP contribution in [-0.4, -0.2) is 11.1 Å². The lowest BCUT2D eigenvalue weighted by atomic mass is 9.93. The first-order chi connectivity index (χ1) is 9.27. The number of carbonyl (C=O) groups excluding carboxylic acids is 1. The van der Waals surface area contributed by atoms with Gasteiger partial charge in [0.05, 0.1) is 0 Å². The highest BCUT2D eigenvalue weighted by molar-refractivity contribution is 6.03. The van der Waals surface area contributed by atoms with Gasteiger partial charge in [0, 0.05) is 17.0 Å². The minimum Gasteiger partial charge on any atom is -0.359 e. The van der Waals surface area contributed by atoms with Gasteiger partial charge in [-0.1, -0.05) is 32.0 Å². The summed E-state index contributed by atoms with van der Waals surface area (Å²) < 4.78 is 5.24. The molecule has 0 aliphatic heterocycles. The van der Waals surface area contributed by atoms with Gasteiger partial charge in [0.2, 0.25) is 0 Å². The summed E-state index contributed by atoms with van der Waals surface area (Å²) in [6, 6.07) is 7.38. The number of nitrogens with zero attached hydrogens (tertiary/aromatic N) is 1. The van der Waals surface area contributed by atoms with Crippen molar-refractivity contribution in [3.63, 3.8) is 0 Å². The van der Waals surface area contributed by atoms with Crippen LogP contribution in [0.4, 0.5) is 5.82 Å². The molecular weight excluding hydrogens is 252 g/mol. The minimum absolute atomic E-state index is 0.129. The van der Waals surface area contributed by atoms with Crippen LogP contribution in [0.15, 0.2) is 28.8 Å². The zero-order valence-electron chi connectivity index (χ0n) is 12.6. The summed E-state index contributed by atoms with van der Waals surface area (Å²) >= 11 is 0. The number of anilines is 1. The third-order valence-corrected chi connectivity index (χ3v) is 3.26. The largest absolute Gasteiger partial charge is 0.359 e. The molecule has 0 spiro atoms. The van der Waals surface area contributed by atoms with Crippen molar-refractivity contribution in [3.05, 3.63) is 46.7 Å². The van der Waals surface area contributed by atoms with E-state index in [1.165, 1.54) is 0 Å². The fourth-order valence-electron chi connectivity index (χ4n) is 1.76. The van der Waals surface area contributed by atoms with Gasteiger partial charge in [-0.3, -0.25) is 4.79 Å². The van der Waals surface area contributed by atoms with Crippen LogP contribution in [0.3, 0.4) is 0 Å². The molecular formula is C16H20N2O2. The monoisotopic (exact) mass is 272 g/mol. The summed E-state index contributed by atoms with van der Waals surface area (Å²) in [5, 5.41) is 6.63. The zero-order valence-corrected chi connectivity index (χ0v) is 12.6. The SMILES string of the molecule is Cc1ccc(C(=O)Nc2cc(C(C)(C)C)on2)cc1C. The molecule has 0 saturated heterocycles. The second kappa shape index (κ2) is 5.12. The summed E-state index contributed by atoms with van der Waals surface area (Å²) in [5.41, 5.74) is 2.75. The van der Waals surface area contributed by atoms with E-state index in [2.05, 4.69) is 10.5 Å². The Morgan fingerprint density at radius 3 is 2.40 bits per heavy atom. The molecule has 4 nitrogen and oxygen atoms in total. The number of carbonyl (C=O) groups is 1. The van der Waals surface area contributed by atoms with Crippen molar-refractivity contribution >= 4 is 11.7 Å². The highest BCUT2D eigenvalue weighted by Crippen LogP contribution is 2.24. The molecule has 0 radical (unpaired) electrons. The van der Waals surface area contributed by atoms with Gasteiger partial charge in [0.1, 0.15) is 5.76 Å². The molecule has 0 atom stereocenters. The fourth-order valence-corrected chi connectivity index (χ4v) is 1.76. The average molecular weight is 272 g/mol. The summed E-state index contributed by atoms with van der Waals surface area (Å²) in [5.74, 6) is 1.01. The standard InChI is InChI=1S/C16H20N2O2/c1-10-6-7-12(8-11(10)2)15(19)17-14-9-13(20-18-14)16(3,4)5/h6-9H,1-5H3,(H,17,18,19). The van der Waals surface area contributed by atoms with Crippen LogP contribution in [0.2, 0.25) is 0 Å². The maximum absolute atomic E-state index is 12.1. The van der Waals surface area contributed by atoms with E-state index < -0.39 is 0 Å². The number of hydrogen-bond donors (Lipinski definition) is 1. The number of nitrogens with one attached hydrogen (secondary N) is 1. The van der Waals surface area contributed by atoms with E-state index >= 15 is 0 Å². The first-order valence-electron chi connectivity index (χ1n) is 6.63. The molecule has 1 heterocycles. The predicted octanol–water partition coefficient (Wildman–Crippen LogP) is 3.84. The lowest BCUT2D eigenvalue weighted by molar-refractivity contribution is 0.102. The Kier molecular flexibility index (Phi) is 3.66. The van der Waals surface area contributed by atoms with Crippen molar-refractivity contribution in [2.24, 2.45) is 0 Å². The number of aromatic nitrogens is 1. The lowest BCUT2D eigenvalue weighted by Crippen LogP contribution is -2.12. The molecule has 2 rings (SSSR count). The number of amides is 1. The molecule has 1 aromatic heterocycles. The van der Waals surface area contributed by atoms with E-state index in [1.54, 1.807) is 6.07 Å². The van der Waals surface area contributed by atoms with Crippen molar-refractivity contribution in [3.8, 4) is 0 Å². The van der Waals surface area contributed by atoms with E-state index in [0.29, 0.717) is 11.4 Å². The second-order valence-corrected chi connectivity index (χ2v) is 6.08. The maximum atomic E-state index is 12.1. The molecule has 2 aromatic rings. The third kappa shape index (κ3) is 3.07. The molecule has 20 heavy (non-hydrogen) atoms. The number of aryl methyl sites for hydroxylation is 2. The van der Waals surface area contributed by atoms with Crippen LogP contribution in [0.25, 0.3) is 0 Å². The van der Waals surface area contributed by atoms with Crippen LogP contribution >= 0.6 is 0 Å². The summed E-state index contributed by atoms with van der Waals surface area (Å²) in [4.78, 5) is 12.1. The predicted molar refractivity (Wildman–Crippen MR) is 79.1 cm³/mol. The molecule has 0 bridgehead atoms. The fraction of sp³-hybridized carbons (Fsp3) is 0.375. The van der Waals surface area contributed by atoms with Crippen molar-refractivity contribution < 1.29 is 9.32 Å². The van der Waals surface area contributed by atoms with Crippen molar-refractivity contribution in [1.29, 1.82) is 0 Å². The van der Waals surface area contributed by atoms with Gasteiger partial charge >= 0.3 is 0 Å². The van der Waals surface area contributed by atoms with Gasteiger partial charge in [0.15, 0.2) is 5.82 Å². The van der Waals surface area contributed by atoms with Crippen LogP contribution in [0, 0.1) is 13.8 Å². The first-order valence-corrected chi connectivity index (χ1v) is 6.63. The number of hydrogen-bond acceptors (Lipinski definition) is 3. The lowest BCUT2D eigenvalue weighted by Gasteiger charge is -2.12. The number of benzene rings is 1. The average Bonchev–Trinajstić information content (AvgIpc) is 2.81. The van der Waals surface area contributed by atoms with Crippen molar-refractivity contribution in [2.45, 2.75) is 40.0 Å². The van der Waals surface area contributed by atoms with Gasteiger partial charge in [-0.15, -0.1) is 0 Å². The molecule has 0 aliphatic rings. The van der Waals surface area contributed by atoms with Gasteiger partial charge < -0.3 is 9.84 Å². The van der Waals surface area contributed by atoms with Crippen LogP contribution in [-0.2, 0) is 5.41 Å². The molecule has 1 amide bonds. The smallest absolute Gasteiger partial charge is 0.256 e. The molecule has 106 valence electrons. The maximum Gasteiger partial charge on any atom is 0.256 e. The number of rotatable bonds is 2. The Bertz CT molecular complexity index is 636. The van der Waals surface area contributed by atoms with Gasteiger partial charge in [-0.2, -0.15) is 0 Å². The van der Waals surface area contributed by atoms with Gasteiger partial charge in [-0.05, 0) is 37.1 Å². The Morgan fingerprint density at radius 2 is 1.85 bits per heavy atom. The van der Waals surface area contributed by atoms with Crippen molar-refractivity contribution in [2.75, 3.05) is 5.32 Å². The second-order valence-electron chi connectivity index (χ2n) is 6.08. The van der Waals surface area contributed by atoms with E-state index in [4.69, 9.17) is 4.52 Å². The van der Waals surface area contributed by atoms with Crippen LogP contribution in [0.5, 0.6) is 0 Å². The van der Waals surface area contributed by atoms with Crippen LogP contribution in [0.1, 0.15) is 48.0 Å². The molecule has 0 aliphatic carbocycles. The molecule has 0 fully saturated rings. The molecule has 1 aromatic carbocycles. The third-order valence-electron chi connectivity index (χ3n) is 3.26. The van der Waals surface area contributed by atoms with E-state index in [1.807, 2.05) is 52.8 Å². The Morgan fingerprint density at radius 1 is 1.15 bits per heavy atom. The van der Waals surface area contributed by atoms with Crippen molar-refractivity contribution in [1.82, 2.24) is 5.16 Å². The Hall–Kier alpha value is -2.10. The first kappa shape index (κ1) is 14.3. The normalized spacial score (nSPS) is 11.4. The van der Waals surface area contributed by atoms with E-state index in [-0.39, 0.29) is 11.3 Å². The Balaban J connectivity index is 2.15. The van der Waals surface area contributed by atoms with Gasteiger partial charge in [-0.25, -0.2) is 0 Å². The highest BCUT2D eigenvalue weighted by Gasteiger charge is 2.20. The van der Waals surface area contributed by atoms with Crippen LogP contribution < -0.4 is 5.32 Å². The molecule has 4 heteroatoms. The summed E-state index contributed by atoms with van der Waals surface area (Å²) in [6.07, 6.45) is 0. The zero-order chi connectivity index (χ0) is 14.9. The quantitative estimate of drug-likeness (QED) is 0.903. The topological polar surface area (TPSA) is 55.1 Å². The molecule has 0 unspecified atom stereocenters. The minimum atomic E-state index is -0.179. The Labute approximate surface area is 119 Å². The summed E-state index contributed by atoms with van der Waals surface area (Å²) in [6.45, 7) is 10.1. The summed E-state index contributed by atoms with van der Waals surface area (Å²) in [7, 11) is 0. The molecule has 0 saturated carbocycles. The van der Waals surface area contributed by atoms with E-state index in [9.17, 15) is 4.79 Å². The highest BCUT2D eigenvalue weighted by atomic mass is 16.5. The van der Waals surface area contributed by atoms with Gasteiger partial charge in [0.25, 0.3) is 5.91 Å². The van der Waals surface area contributed by atoms with E-state index in [0.717, 1.165) is 16.9 Å².